The normalized spacial score (nSPS) is 18.3. The third-order valence-electron chi connectivity index (χ3n) is 4.30. The zero-order chi connectivity index (χ0) is 20.3. The molecule has 1 atom stereocenters. The minimum absolute atomic E-state index is 0.0912. The number of imidazole rings is 1. The second-order valence-corrected chi connectivity index (χ2v) is 6.32. The molecule has 1 amide bonds. The SMILES string of the molecule is O=C(Nc1nc2ccc(F)cn2c1-c1cc(C(F)(F)F)ccn1)C1CC1(F)F. The Labute approximate surface area is 153 Å². The summed E-state index contributed by atoms with van der Waals surface area (Å²) in [4.78, 5) is 19.9. The van der Waals surface area contributed by atoms with E-state index in [9.17, 15) is 31.1 Å². The lowest BCUT2D eigenvalue weighted by Crippen LogP contribution is -2.18. The van der Waals surface area contributed by atoms with Crippen molar-refractivity contribution in [1.82, 2.24) is 14.4 Å². The van der Waals surface area contributed by atoms with Crippen molar-refractivity contribution < 1.29 is 31.1 Å². The maximum Gasteiger partial charge on any atom is 0.416 e. The molecule has 1 fully saturated rings. The summed E-state index contributed by atoms with van der Waals surface area (Å²) in [6, 6.07) is 3.74. The van der Waals surface area contributed by atoms with Crippen molar-refractivity contribution in [3.05, 3.63) is 48.0 Å². The highest BCUT2D eigenvalue weighted by Crippen LogP contribution is 2.49. The summed E-state index contributed by atoms with van der Waals surface area (Å²) < 4.78 is 80.2. The first-order chi connectivity index (χ1) is 13.1. The van der Waals surface area contributed by atoms with Gasteiger partial charge in [0.25, 0.3) is 5.92 Å². The van der Waals surface area contributed by atoms with E-state index >= 15 is 0 Å². The highest BCUT2D eigenvalue weighted by Gasteiger charge is 2.61. The van der Waals surface area contributed by atoms with Crippen LogP contribution in [0.5, 0.6) is 0 Å². The van der Waals surface area contributed by atoms with Gasteiger partial charge in [0.15, 0.2) is 5.82 Å². The Bertz CT molecular complexity index is 1090. The van der Waals surface area contributed by atoms with Crippen molar-refractivity contribution in [3.8, 4) is 11.4 Å². The van der Waals surface area contributed by atoms with E-state index in [4.69, 9.17) is 0 Å². The van der Waals surface area contributed by atoms with E-state index in [-0.39, 0.29) is 22.9 Å². The van der Waals surface area contributed by atoms with E-state index < -0.39 is 41.7 Å². The fourth-order valence-electron chi connectivity index (χ4n) is 2.79. The first kappa shape index (κ1) is 18.3. The number of alkyl halides is 5. The lowest BCUT2D eigenvalue weighted by molar-refractivity contribution is -0.137. The van der Waals surface area contributed by atoms with Gasteiger partial charge in [-0.1, -0.05) is 0 Å². The van der Waals surface area contributed by atoms with Gasteiger partial charge < -0.3 is 5.32 Å². The Morgan fingerprint density at radius 1 is 1.25 bits per heavy atom. The molecule has 0 aliphatic heterocycles. The summed E-state index contributed by atoms with van der Waals surface area (Å²) in [7, 11) is 0. The molecule has 1 saturated carbocycles. The van der Waals surface area contributed by atoms with Gasteiger partial charge in [-0.25, -0.2) is 18.2 Å². The number of carbonyl (C=O) groups excluding carboxylic acids is 1. The lowest BCUT2D eigenvalue weighted by atomic mass is 10.2. The molecular formula is C17H10F6N4O. The quantitative estimate of drug-likeness (QED) is 0.672. The van der Waals surface area contributed by atoms with Gasteiger partial charge in [-0.3, -0.25) is 14.2 Å². The highest BCUT2D eigenvalue weighted by molar-refractivity contribution is 5.97. The molecule has 3 heterocycles. The van der Waals surface area contributed by atoms with E-state index in [1.54, 1.807) is 0 Å². The Hall–Kier alpha value is -3.11. The van der Waals surface area contributed by atoms with E-state index in [0.717, 1.165) is 28.9 Å². The number of fused-ring (bicyclic) bond motifs is 1. The topological polar surface area (TPSA) is 59.3 Å². The summed E-state index contributed by atoms with van der Waals surface area (Å²) in [5.74, 6) is -6.71. The number of rotatable bonds is 3. The molecule has 3 aromatic rings. The van der Waals surface area contributed by atoms with Crippen molar-refractivity contribution in [1.29, 1.82) is 0 Å². The number of hydrogen-bond acceptors (Lipinski definition) is 3. The largest absolute Gasteiger partial charge is 0.416 e. The second kappa shape index (κ2) is 5.94. The Morgan fingerprint density at radius 2 is 1.96 bits per heavy atom. The monoisotopic (exact) mass is 400 g/mol. The summed E-state index contributed by atoms with van der Waals surface area (Å²) in [6.45, 7) is 0. The number of carbonyl (C=O) groups is 1. The zero-order valence-electron chi connectivity index (χ0n) is 13.8. The van der Waals surface area contributed by atoms with E-state index in [1.807, 2.05) is 0 Å². The van der Waals surface area contributed by atoms with Crippen molar-refractivity contribution in [2.45, 2.75) is 18.5 Å². The van der Waals surface area contributed by atoms with Crippen LogP contribution in [0.4, 0.5) is 32.2 Å². The average Bonchev–Trinajstić information content (AvgIpc) is 3.11. The molecule has 0 spiro atoms. The lowest BCUT2D eigenvalue weighted by Gasteiger charge is -2.10. The van der Waals surface area contributed by atoms with Gasteiger partial charge in [-0.2, -0.15) is 13.2 Å². The Balaban J connectivity index is 1.84. The third kappa shape index (κ3) is 3.16. The van der Waals surface area contributed by atoms with Crippen LogP contribution < -0.4 is 5.32 Å². The van der Waals surface area contributed by atoms with Gasteiger partial charge in [0.1, 0.15) is 23.1 Å². The van der Waals surface area contributed by atoms with Crippen LogP contribution in [-0.4, -0.2) is 26.2 Å². The molecule has 1 aliphatic carbocycles. The van der Waals surface area contributed by atoms with Crippen molar-refractivity contribution in [3.63, 3.8) is 0 Å². The molecule has 0 bridgehead atoms. The fraction of sp³-hybridized carbons (Fsp3) is 0.235. The van der Waals surface area contributed by atoms with Crippen molar-refractivity contribution >= 4 is 17.4 Å². The van der Waals surface area contributed by atoms with Gasteiger partial charge in [0.05, 0.1) is 11.3 Å². The molecule has 146 valence electrons. The van der Waals surface area contributed by atoms with Crippen LogP contribution in [0, 0.1) is 11.7 Å². The number of nitrogens with zero attached hydrogens (tertiary/aromatic N) is 3. The number of amides is 1. The first-order valence-electron chi connectivity index (χ1n) is 7.96. The Morgan fingerprint density at radius 3 is 2.61 bits per heavy atom. The summed E-state index contributed by atoms with van der Waals surface area (Å²) in [6.07, 6.45) is -3.45. The fourth-order valence-corrected chi connectivity index (χ4v) is 2.79. The van der Waals surface area contributed by atoms with Crippen LogP contribution in [0.15, 0.2) is 36.7 Å². The van der Waals surface area contributed by atoms with E-state index in [1.165, 1.54) is 6.07 Å². The van der Waals surface area contributed by atoms with E-state index in [0.29, 0.717) is 6.07 Å². The molecule has 0 saturated heterocycles. The molecule has 11 heteroatoms. The molecule has 4 rings (SSSR count). The zero-order valence-corrected chi connectivity index (χ0v) is 13.8. The molecule has 1 aliphatic rings. The van der Waals surface area contributed by atoms with Gasteiger partial charge in [0.2, 0.25) is 5.91 Å². The van der Waals surface area contributed by atoms with Crippen LogP contribution in [0.1, 0.15) is 12.0 Å². The number of hydrogen-bond donors (Lipinski definition) is 1. The minimum Gasteiger partial charge on any atom is -0.308 e. The minimum atomic E-state index is -4.66. The van der Waals surface area contributed by atoms with Crippen molar-refractivity contribution in [2.75, 3.05) is 5.32 Å². The standard InChI is InChI=1S/C17H10F6N4O/c18-9-1-2-12-25-14(26-15(28)10-6-16(10,19)20)13(27(12)7-9)11-5-8(3-4-24-11)17(21,22)23/h1-5,7,10H,6H2,(H,26,28). The van der Waals surface area contributed by atoms with E-state index in [2.05, 4.69) is 15.3 Å². The van der Waals surface area contributed by atoms with Crippen LogP contribution in [0.2, 0.25) is 0 Å². The number of pyridine rings is 2. The maximum atomic E-state index is 13.7. The molecule has 0 radical (unpaired) electrons. The van der Waals surface area contributed by atoms with Gasteiger partial charge >= 0.3 is 6.18 Å². The second-order valence-electron chi connectivity index (χ2n) is 6.32. The average molecular weight is 400 g/mol. The summed E-state index contributed by atoms with van der Waals surface area (Å²) >= 11 is 0. The van der Waals surface area contributed by atoms with Crippen LogP contribution in [-0.2, 0) is 11.0 Å². The molecule has 28 heavy (non-hydrogen) atoms. The van der Waals surface area contributed by atoms with Crippen LogP contribution in [0.3, 0.4) is 0 Å². The molecule has 1 N–H and O–H groups in total. The molecule has 0 aromatic carbocycles. The number of anilines is 1. The number of nitrogens with one attached hydrogen (secondary N) is 1. The predicted molar refractivity (Wildman–Crippen MR) is 85.1 cm³/mol. The first-order valence-corrected chi connectivity index (χ1v) is 7.96. The number of aromatic nitrogens is 3. The summed E-state index contributed by atoms with van der Waals surface area (Å²) in [5, 5.41) is 2.20. The number of halogens is 6. The maximum absolute atomic E-state index is 13.7. The summed E-state index contributed by atoms with van der Waals surface area (Å²) in [5.41, 5.74) is -1.34. The predicted octanol–water partition coefficient (Wildman–Crippen LogP) is 4.15. The smallest absolute Gasteiger partial charge is 0.308 e. The third-order valence-corrected chi connectivity index (χ3v) is 4.30. The molecule has 1 unspecified atom stereocenters. The van der Waals surface area contributed by atoms with Gasteiger partial charge in [0, 0.05) is 18.8 Å². The van der Waals surface area contributed by atoms with Crippen molar-refractivity contribution in [2.24, 2.45) is 5.92 Å². The highest BCUT2D eigenvalue weighted by atomic mass is 19.4. The van der Waals surface area contributed by atoms with Gasteiger partial charge in [-0.15, -0.1) is 0 Å². The van der Waals surface area contributed by atoms with Crippen LogP contribution >= 0.6 is 0 Å². The molecular weight excluding hydrogens is 390 g/mol. The molecule has 3 aromatic heterocycles. The van der Waals surface area contributed by atoms with Crippen LogP contribution in [0.25, 0.3) is 17.0 Å². The van der Waals surface area contributed by atoms with Gasteiger partial charge in [-0.05, 0) is 24.3 Å². The Kier molecular flexibility index (Phi) is 3.88. The molecule has 5 nitrogen and oxygen atoms in total.